The molecule has 0 spiro atoms. The maximum Gasteiger partial charge on any atom is 0.329 e. The lowest BCUT2D eigenvalue weighted by molar-refractivity contribution is 0.0403. The van der Waals surface area contributed by atoms with E-state index in [1.54, 1.807) is 43.1 Å². The molecule has 2 N–H and O–H groups in total. The zero-order valence-electron chi connectivity index (χ0n) is 26.0. The second-order valence-electron chi connectivity index (χ2n) is 12.6. The van der Waals surface area contributed by atoms with Gasteiger partial charge in [-0.2, -0.15) is 9.49 Å². The molecular weight excluding hydrogens is 637 g/mol. The third-order valence-corrected chi connectivity index (χ3v) is 11.5. The van der Waals surface area contributed by atoms with Crippen LogP contribution < -0.4 is 11.4 Å². The lowest BCUT2D eigenvalue weighted by Gasteiger charge is -2.16. The first-order chi connectivity index (χ1) is 23.1. The number of pyridine rings is 1. The molecule has 10 rings (SSSR count). The highest BCUT2D eigenvalue weighted by atomic mass is 32.2. The maximum absolute atomic E-state index is 15.9. The normalized spacial score (nSPS) is 19.7. The molecule has 0 radical (unpaired) electrons. The summed E-state index contributed by atoms with van der Waals surface area (Å²) in [6.07, 6.45) is 5.33. The Kier molecular flexibility index (Phi) is 6.17. The molecule has 0 amide bonds. The molecule has 0 unspecified atom stereocenters. The summed E-state index contributed by atoms with van der Waals surface area (Å²) in [4.78, 5) is 18.9. The summed E-state index contributed by atoms with van der Waals surface area (Å²) in [7, 11) is -1.16. The minimum absolute atomic E-state index is 0.00743. The fourth-order valence-corrected chi connectivity index (χ4v) is 9.08. The number of fused-ring (bicyclic) bond motifs is 3. The number of halogens is 1. The molecule has 3 atom stereocenters. The largest absolute Gasteiger partial charge is 0.375 e. The topological polar surface area (TPSA) is 150 Å². The van der Waals surface area contributed by atoms with Gasteiger partial charge in [-0.3, -0.25) is 18.5 Å². The number of nitrogens with two attached hydrogens (primary N) is 1. The fraction of sp³-hybridized carbons (Fsp3) is 0.273. The van der Waals surface area contributed by atoms with E-state index in [0.29, 0.717) is 53.5 Å². The lowest BCUT2D eigenvalue weighted by Crippen LogP contribution is -2.32. The molecule has 244 valence electrons. The highest BCUT2D eigenvalue weighted by Gasteiger charge is 2.39. The Morgan fingerprint density at radius 3 is 2.62 bits per heavy atom. The van der Waals surface area contributed by atoms with Crippen molar-refractivity contribution < 1.29 is 17.5 Å². The molecule has 6 bridgehead atoms. The molecule has 13 nitrogen and oxygen atoms in total. The van der Waals surface area contributed by atoms with Gasteiger partial charge in [-0.05, 0) is 42.7 Å². The van der Waals surface area contributed by atoms with E-state index in [1.165, 1.54) is 33.8 Å². The SMILES string of the molecule is Cn1cc(-c2c3c4c(ncc5c4n(c(=O)n5C)[C@H]4C[C@H](N)[C@@H](C4)OCCn4ncc5cc-3ccc54)n2S(=O)(=O)c2ccccc2)c(F)n1. The summed E-state index contributed by atoms with van der Waals surface area (Å²) in [5.74, 6) is -0.852. The highest BCUT2D eigenvalue weighted by molar-refractivity contribution is 7.90. The summed E-state index contributed by atoms with van der Waals surface area (Å²) >= 11 is 0. The van der Waals surface area contributed by atoms with Crippen molar-refractivity contribution in [3.05, 3.63) is 83.6 Å². The average molecular weight is 668 g/mol. The first-order valence-corrected chi connectivity index (χ1v) is 17.0. The molecule has 3 aliphatic rings. The summed E-state index contributed by atoms with van der Waals surface area (Å²) in [5.41, 5.74) is 9.20. The van der Waals surface area contributed by atoms with Gasteiger partial charge in [0.2, 0.25) is 5.95 Å². The number of ether oxygens (including phenoxy) is 1. The van der Waals surface area contributed by atoms with Gasteiger partial charge in [-0.15, -0.1) is 5.10 Å². The second-order valence-corrected chi connectivity index (χ2v) is 14.3. The molecule has 2 aromatic carbocycles. The minimum Gasteiger partial charge on any atom is -0.375 e. The Balaban J connectivity index is 1.53. The van der Waals surface area contributed by atoms with E-state index in [-0.39, 0.29) is 45.7 Å². The predicted octanol–water partition coefficient (Wildman–Crippen LogP) is 3.54. The third kappa shape index (κ3) is 3.98. The van der Waals surface area contributed by atoms with Crippen molar-refractivity contribution in [1.82, 2.24) is 37.7 Å². The van der Waals surface area contributed by atoms with Crippen molar-refractivity contribution in [3.8, 4) is 22.4 Å². The molecule has 2 aliphatic heterocycles. The van der Waals surface area contributed by atoms with Gasteiger partial charge >= 0.3 is 5.69 Å². The summed E-state index contributed by atoms with van der Waals surface area (Å²) in [6, 6.07) is 12.9. The van der Waals surface area contributed by atoms with E-state index in [0.717, 1.165) is 14.9 Å². The summed E-state index contributed by atoms with van der Waals surface area (Å²) < 4.78 is 59.2. The number of rotatable bonds is 3. The summed E-state index contributed by atoms with van der Waals surface area (Å²) in [5, 5.41) is 9.74. The zero-order chi connectivity index (χ0) is 33.1. The first-order valence-electron chi connectivity index (χ1n) is 15.6. The van der Waals surface area contributed by atoms with E-state index >= 15 is 4.39 Å². The summed E-state index contributed by atoms with van der Waals surface area (Å²) in [6.45, 7) is 0.869. The van der Waals surface area contributed by atoms with E-state index < -0.39 is 16.0 Å². The van der Waals surface area contributed by atoms with Crippen LogP contribution in [0.2, 0.25) is 0 Å². The molecule has 7 heterocycles. The van der Waals surface area contributed by atoms with Crippen molar-refractivity contribution >= 4 is 43.0 Å². The number of aryl methyl sites for hydroxylation is 2. The number of benzene rings is 2. The third-order valence-electron chi connectivity index (χ3n) is 9.77. The maximum atomic E-state index is 15.9. The molecule has 15 heteroatoms. The van der Waals surface area contributed by atoms with Crippen LogP contribution in [-0.2, 0) is 35.4 Å². The van der Waals surface area contributed by atoms with Crippen LogP contribution in [0.25, 0.3) is 55.4 Å². The van der Waals surface area contributed by atoms with Crippen LogP contribution in [0.5, 0.6) is 0 Å². The van der Waals surface area contributed by atoms with Gasteiger partial charge in [-0.1, -0.05) is 24.3 Å². The van der Waals surface area contributed by atoms with Gasteiger partial charge in [0.15, 0.2) is 5.65 Å². The van der Waals surface area contributed by atoms with Crippen LogP contribution in [0.1, 0.15) is 18.9 Å². The number of hydrogen-bond acceptors (Lipinski definition) is 8. The van der Waals surface area contributed by atoms with Gasteiger partial charge in [0.05, 0.1) is 69.7 Å². The number of hydrogen-bond donors (Lipinski definition) is 1. The van der Waals surface area contributed by atoms with Crippen LogP contribution in [0, 0.1) is 5.95 Å². The average Bonchev–Trinajstić information content (AvgIpc) is 3.86. The molecule has 0 saturated heterocycles. The van der Waals surface area contributed by atoms with Crippen LogP contribution in [0.3, 0.4) is 0 Å². The Morgan fingerprint density at radius 1 is 1.04 bits per heavy atom. The second kappa shape index (κ2) is 10.2. The van der Waals surface area contributed by atoms with Gasteiger partial charge in [0.25, 0.3) is 10.0 Å². The standard InChI is InChI=1S/C33H30FN9O4S/c1-39-17-22(31(34)38-39)29-27-18-8-9-24-19(12-18)15-37-41(24)10-11-47-26-14-20(13-23(26)35)42-30-25(40(2)33(42)44)16-36-32(28(27)30)43(29)48(45,46)21-6-4-3-5-7-21/h3-9,12,15-17,20,23,26H,10-11,13-14,35H2,1-2H3/t20-,23-,26+/m0/s1. The van der Waals surface area contributed by atoms with Crippen LogP contribution in [-0.4, -0.2) is 64.8 Å². The van der Waals surface area contributed by atoms with Crippen LogP contribution in [0.4, 0.5) is 4.39 Å². The van der Waals surface area contributed by atoms with E-state index in [2.05, 4.69) is 10.2 Å². The molecular formula is C33H30FN9O4S. The number of nitrogens with zero attached hydrogens (tertiary/aromatic N) is 8. The molecule has 48 heavy (non-hydrogen) atoms. The Morgan fingerprint density at radius 2 is 1.85 bits per heavy atom. The van der Waals surface area contributed by atoms with E-state index in [4.69, 9.17) is 15.5 Å². The fourth-order valence-electron chi connectivity index (χ4n) is 7.58. The minimum atomic E-state index is -4.39. The van der Waals surface area contributed by atoms with Crippen LogP contribution in [0.15, 0.2) is 76.8 Å². The Bertz CT molecular complexity index is 2620. The number of aromatic nitrogens is 8. The lowest BCUT2D eigenvalue weighted by atomic mass is 9.98. The quantitative estimate of drug-likeness (QED) is 0.301. The molecule has 1 aliphatic carbocycles. The van der Waals surface area contributed by atoms with E-state index in [1.807, 2.05) is 22.9 Å². The van der Waals surface area contributed by atoms with Crippen LogP contribution >= 0.6 is 0 Å². The van der Waals surface area contributed by atoms with Gasteiger partial charge < -0.3 is 10.5 Å². The number of imidazole rings is 1. The smallest absolute Gasteiger partial charge is 0.329 e. The molecule has 5 aromatic heterocycles. The monoisotopic (exact) mass is 667 g/mol. The Labute approximate surface area is 272 Å². The van der Waals surface area contributed by atoms with Gasteiger partial charge in [0, 0.05) is 43.3 Å². The first kappa shape index (κ1) is 29.1. The molecule has 1 saturated carbocycles. The molecule has 1 fully saturated rings. The van der Waals surface area contributed by atoms with Crippen molar-refractivity contribution in [3.63, 3.8) is 0 Å². The van der Waals surface area contributed by atoms with Crippen molar-refractivity contribution in [2.24, 2.45) is 19.8 Å². The van der Waals surface area contributed by atoms with Gasteiger partial charge in [0.1, 0.15) is 0 Å². The zero-order valence-corrected chi connectivity index (χ0v) is 26.8. The molecule has 7 aromatic rings. The van der Waals surface area contributed by atoms with Crippen molar-refractivity contribution in [2.45, 2.75) is 42.5 Å². The van der Waals surface area contributed by atoms with Gasteiger partial charge in [-0.25, -0.2) is 22.2 Å². The van der Waals surface area contributed by atoms with Crippen molar-refractivity contribution in [2.75, 3.05) is 6.61 Å². The van der Waals surface area contributed by atoms with Crippen molar-refractivity contribution in [1.29, 1.82) is 0 Å². The highest BCUT2D eigenvalue weighted by Crippen LogP contribution is 2.47. The Hall–Kier alpha value is -5.12. The predicted molar refractivity (Wildman–Crippen MR) is 176 cm³/mol. The van der Waals surface area contributed by atoms with E-state index in [9.17, 15) is 13.2 Å².